The highest BCUT2D eigenvalue weighted by Crippen LogP contribution is 2.20. The van der Waals surface area contributed by atoms with Crippen LogP contribution in [0.5, 0.6) is 0 Å². The maximum atomic E-state index is 13.9. The molecule has 1 aromatic heterocycles. The minimum Gasteiger partial charge on any atom is -0.444 e. The molecule has 0 aliphatic rings. The Morgan fingerprint density at radius 1 is 1.04 bits per heavy atom. The zero-order chi connectivity index (χ0) is 18.7. The van der Waals surface area contributed by atoms with E-state index in [9.17, 15) is 22.8 Å². The van der Waals surface area contributed by atoms with Crippen molar-refractivity contribution in [2.75, 3.05) is 5.32 Å². The number of hydrogen-bond acceptors (Lipinski definition) is 3. The number of carbonyl (C=O) groups excluding carboxylic acids is 1. The Hall–Kier alpha value is -3.49. The molecule has 0 aliphatic carbocycles. The maximum Gasteiger partial charge on any atom is 0.413 e. The van der Waals surface area contributed by atoms with Gasteiger partial charge in [0.05, 0.1) is 0 Å². The summed E-state index contributed by atoms with van der Waals surface area (Å²) in [6, 6.07) is 10.7. The number of ether oxygens (including phenoxy) is 1. The second-order valence-electron chi connectivity index (χ2n) is 5.25. The molecule has 6 nitrogen and oxygen atoms in total. The lowest BCUT2D eigenvalue weighted by Gasteiger charge is -2.11. The average molecular weight is 363 g/mol. The first-order chi connectivity index (χ1) is 12.4. The van der Waals surface area contributed by atoms with E-state index in [1.165, 1.54) is 0 Å². The predicted molar refractivity (Wildman–Crippen MR) is 86.5 cm³/mol. The molecule has 0 saturated carbocycles. The maximum absolute atomic E-state index is 13.9. The molecule has 0 fully saturated rings. The number of hydrogen-bond donors (Lipinski definition) is 2. The van der Waals surface area contributed by atoms with E-state index in [0.717, 1.165) is 16.3 Å². The van der Waals surface area contributed by atoms with Gasteiger partial charge in [0.2, 0.25) is 0 Å². The van der Waals surface area contributed by atoms with Gasteiger partial charge in [-0.2, -0.15) is 0 Å². The molecule has 134 valence electrons. The Kier molecular flexibility index (Phi) is 4.78. The second kappa shape index (κ2) is 7.18. The molecule has 0 spiro atoms. The Morgan fingerprint density at radius 3 is 2.46 bits per heavy atom. The fourth-order valence-electron chi connectivity index (χ4n) is 2.22. The average Bonchev–Trinajstić information content (AvgIpc) is 2.97. The van der Waals surface area contributed by atoms with Gasteiger partial charge in [-0.15, -0.1) is 0 Å². The van der Waals surface area contributed by atoms with Gasteiger partial charge in [0.25, 0.3) is 5.56 Å². The molecular weight excluding hydrogens is 351 g/mol. The molecule has 0 bridgehead atoms. The van der Waals surface area contributed by atoms with Gasteiger partial charge < -0.3 is 4.74 Å². The summed E-state index contributed by atoms with van der Waals surface area (Å²) >= 11 is 0. The molecule has 0 aliphatic heterocycles. The van der Waals surface area contributed by atoms with Crippen LogP contribution in [0.2, 0.25) is 0 Å². The molecule has 26 heavy (non-hydrogen) atoms. The van der Waals surface area contributed by atoms with Crippen LogP contribution in [0.15, 0.2) is 53.3 Å². The summed E-state index contributed by atoms with van der Waals surface area (Å²) in [5, 5.41) is 4.44. The zero-order valence-corrected chi connectivity index (χ0v) is 13.1. The normalized spacial score (nSPS) is 10.6. The van der Waals surface area contributed by atoms with E-state index in [0.29, 0.717) is 12.1 Å². The van der Waals surface area contributed by atoms with Crippen molar-refractivity contribution in [2.45, 2.75) is 6.61 Å². The van der Waals surface area contributed by atoms with Gasteiger partial charge in [0.15, 0.2) is 17.5 Å². The van der Waals surface area contributed by atoms with Crippen LogP contribution in [-0.2, 0) is 11.3 Å². The van der Waals surface area contributed by atoms with Gasteiger partial charge in [0.1, 0.15) is 18.1 Å². The summed E-state index contributed by atoms with van der Waals surface area (Å²) in [6.45, 7) is -0.0269. The fourth-order valence-corrected chi connectivity index (χ4v) is 2.22. The van der Waals surface area contributed by atoms with Gasteiger partial charge in [-0.1, -0.05) is 30.3 Å². The Morgan fingerprint density at radius 2 is 1.73 bits per heavy atom. The van der Waals surface area contributed by atoms with Gasteiger partial charge in [-0.25, -0.2) is 22.6 Å². The number of halogens is 3. The third kappa shape index (κ3) is 3.77. The molecule has 1 heterocycles. The third-order valence-electron chi connectivity index (χ3n) is 3.40. The highest BCUT2D eigenvalue weighted by molar-refractivity contribution is 5.83. The number of nitrogens with zero attached hydrogens (tertiary/aromatic N) is 1. The first kappa shape index (κ1) is 17.3. The van der Waals surface area contributed by atoms with Gasteiger partial charge in [-0.3, -0.25) is 15.2 Å². The molecule has 3 aromatic rings. The molecule has 1 amide bonds. The molecule has 0 saturated heterocycles. The molecular formula is C17H12F3N3O3. The number of rotatable bonds is 4. The number of anilines is 1. The highest BCUT2D eigenvalue weighted by Gasteiger charge is 2.17. The second-order valence-corrected chi connectivity index (χ2v) is 5.25. The lowest BCUT2D eigenvalue weighted by molar-refractivity contribution is 0.155. The van der Waals surface area contributed by atoms with Crippen molar-refractivity contribution in [3.8, 4) is 5.69 Å². The fraction of sp³-hybridized carbons (Fsp3) is 0.0588. The van der Waals surface area contributed by atoms with Crippen LogP contribution in [0, 0.1) is 17.5 Å². The molecule has 0 unspecified atom stereocenters. The van der Waals surface area contributed by atoms with Crippen molar-refractivity contribution < 1.29 is 22.7 Å². The van der Waals surface area contributed by atoms with E-state index >= 15 is 0 Å². The van der Waals surface area contributed by atoms with Crippen LogP contribution in [0.1, 0.15) is 5.56 Å². The predicted octanol–water partition coefficient (Wildman–Crippen LogP) is 3.33. The van der Waals surface area contributed by atoms with Crippen LogP contribution in [0.25, 0.3) is 5.69 Å². The monoisotopic (exact) mass is 363 g/mol. The van der Waals surface area contributed by atoms with Crippen LogP contribution in [0.4, 0.5) is 23.8 Å². The Labute approximate surface area is 144 Å². The molecule has 9 heteroatoms. The van der Waals surface area contributed by atoms with E-state index in [2.05, 4.69) is 10.4 Å². The lowest BCUT2D eigenvalue weighted by atomic mass is 10.2. The molecule has 3 rings (SSSR count). The van der Waals surface area contributed by atoms with E-state index in [1.54, 1.807) is 30.3 Å². The number of benzene rings is 2. The summed E-state index contributed by atoms with van der Waals surface area (Å²) < 4.78 is 46.2. The number of nitrogens with one attached hydrogen (secondary N) is 2. The van der Waals surface area contributed by atoms with Crippen molar-refractivity contribution in [3.05, 3.63) is 81.9 Å². The van der Waals surface area contributed by atoms with Crippen molar-refractivity contribution in [2.24, 2.45) is 0 Å². The Bertz CT molecular complexity index is 999. The number of aromatic nitrogens is 2. The van der Waals surface area contributed by atoms with Crippen LogP contribution >= 0.6 is 0 Å². The lowest BCUT2D eigenvalue weighted by Crippen LogP contribution is -2.17. The quantitative estimate of drug-likeness (QED) is 0.698. The van der Waals surface area contributed by atoms with Crippen LogP contribution < -0.4 is 10.9 Å². The van der Waals surface area contributed by atoms with Crippen LogP contribution in [-0.4, -0.2) is 15.9 Å². The summed E-state index contributed by atoms with van der Waals surface area (Å²) in [7, 11) is 0. The molecule has 0 radical (unpaired) electrons. The van der Waals surface area contributed by atoms with Crippen molar-refractivity contribution in [1.82, 2.24) is 9.78 Å². The SMILES string of the molecule is O=C(Nc1cc(=O)[nH]n1-c1cc(F)c(F)cc1F)OCc1ccccc1. The molecule has 0 atom stereocenters. The number of H-pyrrole nitrogens is 1. The first-order valence-corrected chi connectivity index (χ1v) is 7.39. The van der Waals surface area contributed by atoms with Gasteiger partial charge >= 0.3 is 6.09 Å². The van der Waals surface area contributed by atoms with E-state index in [1.807, 2.05) is 0 Å². The smallest absolute Gasteiger partial charge is 0.413 e. The summed E-state index contributed by atoms with van der Waals surface area (Å²) in [5.41, 5.74) is -0.433. The largest absolute Gasteiger partial charge is 0.444 e. The van der Waals surface area contributed by atoms with E-state index in [4.69, 9.17) is 4.74 Å². The molecule has 2 N–H and O–H groups in total. The van der Waals surface area contributed by atoms with Crippen molar-refractivity contribution in [3.63, 3.8) is 0 Å². The third-order valence-corrected chi connectivity index (χ3v) is 3.40. The molecule has 2 aromatic carbocycles. The van der Waals surface area contributed by atoms with Crippen molar-refractivity contribution >= 4 is 11.9 Å². The van der Waals surface area contributed by atoms with Gasteiger partial charge in [-0.05, 0) is 5.56 Å². The topological polar surface area (TPSA) is 76.1 Å². The minimum atomic E-state index is -1.38. The highest BCUT2D eigenvalue weighted by atomic mass is 19.2. The van der Waals surface area contributed by atoms with Crippen LogP contribution in [0.3, 0.4) is 0 Å². The van der Waals surface area contributed by atoms with Crippen molar-refractivity contribution in [1.29, 1.82) is 0 Å². The zero-order valence-electron chi connectivity index (χ0n) is 13.1. The summed E-state index contributed by atoms with van der Waals surface area (Å²) in [4.78, 5) is 23.4. The van der Waals surface area contributed by atoms with Gasteiger partial charge in [0, 0.05) is 18.2 Å². The first-order valence-electron chi connectivity index (χ1n) is 7.39. The standard InChI is InChI=1S/C17H12F3N3O3/c18-11-6-13(20)14(7-12(11)19)23-15(8-16(24)22-23)21-17(25)26-9-10-4-2-1-3-5-10/h1-8H,9H2,(H,21,25)(H,22,24). The minimum absolute atomic E-state index is 0.0269. The van der Waals surface area contributed by atoms with E-state index < -0.39 is 34.8 Å². The van der Waals surface area contributed by atoms with E-state index in [-0.39, 0.29) is 12.4 Å². The summed E-state index contributed by atoms with van der Waals surface area (Å²) in [6.07, 6.45) is -0.912. The number of carbonyl (C=O) groups is 1. The Balaban J connectivity index is 1.80. The number of aromatic amines is 1. The number of amides is 1. The summed E-state index contributed by atoms with van der Waals surface area (Å²) in [5.74, 6) is -4.01.